The molecule has 2 N–H and O–H groups in total. The van der Waals surface area contributed by atoms with Crippen LogP contribution in [0.25, 0.3) is 0 Å². The molecule has 3 rings (SSSR count). The number of benzene rings is 2. The molecular formula is C22H27ClN2O6. The summed E-state index contributed by atoms with van der Waals surface area (Å²) in [4.78, 5) is 23.2. The molecule has 1 aliphatic rings. The van der Waals surface area contributed by atoms with Gasteiger partial charge in [-0.25, -0.2) is 9.59 Å². The summed E-state index contributed by atoms with van der Waals surface area (Å²) in [7, 11) is 3.41. The highest BCUT2D eigenvalue weighted by atomic mass is 35.5. The highest BCUT2D eigenvalue weighted by Gasteiger charge is 2.18. The Balaban J connectivity index is 0.000000501. The maximum Gasteiger partial charge on any atom is 0.414 e. The molecule has 0 saturated carbocycles. The second kappa shape index (κ2) is 12.1. The van der Waals surface area contributed by atoms with Gasteiger partial charge in [-0.05, 0) is 35.9 Å². The number of carboxylic acid groups (broad SMARTS) is 2. The average Bonchev–Trinajstić information content (AvgIpc) is 2.77. The second-order valence-corrected chi connectivity index (χ2v) is 7.40. The molecule has 2 aromatic rings. The number of nitrogens with zero attached hydrogens (tertiary/aromatic N) is 2. The molecule has 0 unspecified atom stereocenters. The van der Waals surface area contributed by atoms with Crippen LogP contribution < -0.4 is 9.47 Å². The molecule has 0 spiro atoms. The van der Waals surface area contributed by atoms with Crippen molar-refractivity contribution in [3.8, 4) is 11.5 Å². The first kappa shape index (κ1) is 24.5. The van der Waals surface area contributed by atoms with Crippen LogP contribution in [0.15, 0.2) is 42.5 Å². The zero-order chi connectivity index (χ0) is 22.8. The number of rotatable bonds is 6. The van der Waals surface area contributed by atoms with Gasteiger partial charge in [0.2, 0.25) is 0 Å². The smallest absolute Gasteiger partial charge is 0.414 e. The van der Waals surface area contributed by atoms with Gasteiger partial charge < -0.3 is 19.7 Å². The highest BCUT2D eigenvalue weighted by molar-refractivity contribution is 6.30. The Labute approximate surface area is 186 Å². The van der Waals surface area contributed by atoms with E-state index in [1.165, 1.54) is 11.1 Å². The van der Waals surface area contributed by atoms with Crippen LogP contribution in [-0.4, -0.2) is 72.4 Å². The predicted octanol–water partition coefficient (Wildman–Crippen LogP) is 2.83. The lowest BCUT2D eigenvalue weighted by Crippen LogP contribution is -2.45. The van der Waals surface area contributed by atoms with Crippen LogP contribution in [-0.2, 0) is 22.7 Å². The number of ether oxygens (including phenoxy) is 2. The van der Waals surface area contributed by atoms with E-state index in [-0.39, 0.29) is 0 Å². The molecule has 0 atom stereocenters. The molecule has 1 aliphatic heterocycles. The van der Waals surface area contributed by atoms with Gasteiger partial charge in [0, 0.05) is 49.9 Å². The molecule has 8 nitrogen and oxygen atoms in total. The molecule has 2 aromatic carbocycles. The van der Waals surface area contributed by atoms with E-state index in [0.29, 0.717) is 0 Å². The third kappa shape index (κ3) is 8.09. The maximum absolute atomic E-state index is 9.10. The lowest BCUT2D eigenvalue weighted by Gasteiger charge is -2.35. The zero-order valence-electron chi connectivity index (χ0n) is 17.6. The lowest BCUT2D eigenvalue weighted by molar-refractivity contribution is -0.159. The monoisotopic (exact) mass is 450 g/mol. The number of halogens is 1. The molecule has 0 radical (unpaired) electrons. The molecule has 1 saturated heterocycles. The first-order valence-electron chi connectivity index (χ1n) is 9.68. The van der Waals surface area contributed by atoms with E-state index in [1.807, 2.05) is 24.3 Å². The Bertz CT molecular complexity index is 855. The SMILES string of the molecule is COc1ccc(OC)c(CN2CCN(Cc3ccc(Cl)cc3)CC2)c1.O=C(O)C(=O)O. The fourth-order valence-electron chi connectivity index (χ4n) is 3.20. The number of piperazine rings is 1. The van der Waals surface area contributed by atoms with E-state index in [4.69, 9.17) is 40.9 Å². The van der Waals surface area contributed by atoms with Crippen molar-refractivity contribution in [2.75, 3.05) is 40.4 Å². The van der Waals surface area contributed by atoms with Crippen molar-refractivity contribution in [1.82, 2.24) is 9.80 Å². The Morgan fingerprint density at radius 3 is 1.90 bits per heavy atom. The zero-order valence-corrected chi connectivity index (χ0v) is 18.3. The van der Waals surface area contributed by atoms with Crippen molar-refractivity contribution in [1.29, 1.82) is 0 Å². The average molecular weight is 451 g/mol. The van der Waals surface area contributed by atoms with Gasteiger partial charge in [-0.2, -0.15) is 0 Å². The summed E-state index contributed by atoms with van der Waals surface area (Å²) >= 11 is 5.96. The molecule has 0 aliphatic carbocycles. The van der Waals surface area contributed by atoms with Crippen LogP contribution in [0.3, 0.4) is 0 Å². The first-order valence-corrected chi connectivity index (χ1v) is 10.1. The number of hydrogen-bond acceptors (Lipinski definition) is 6. The van der Waals surface area contributed by atoms with Crippen LogP contribution in [0.1, 0.15) is 11.1 Å². The summed E-state index contributed by atoms with van der Waals surface area (Å²) in [6.07, 6.45) is 0. The maximum atomic E-state index is 9.10. The molecule has 0 bridgehead atoms. The minimum absolute atomic E-state index is 0.792. The fourth-order valence-corrected chi connectivity index (χ4v) is 3.33. The molecule has 1 fully saturated rings. The standard InChI is InChI=1S/C20H25ClN2O2.C2H2O4/c1-24-19-7-8-20(25-2)17(13-19)15-23-11-9-22(10-12-23)14-16-3-5-18(21)6-4-16;3-1(4)2(5)6/h3-8,13H,9-12,14-15H2,1-2H3;(H,3,4)(H,5,6). The summed E-state index contributed by atoms with van der Waals surface area (Å²) in [6, 6.07) is 14.1. The van der Waals surface area contributed by atoms with Gasteiger partial charge in [0.15, 0.2) is 0 Å². The summed E-state index contributed by atoms with van der Waals surface area (Å²) in [5.74, 6) is -1.86. The fraction of sp³-hybridized carbons (Fsp3) is 0.364. The van der Waals surface area contributed by atoms with E-state index >= 15 is 0 Å². The van der Waals surface area contributed by atoms with Crippen LogP contribution in [0.4, 0.5) is 0 Å². The van der Waals surface area contributed by atoms with Crippen LogP contribution in [0.5, 0.6) is 11.5 Å². The van der Waals surface area contributed by atoms with Crippen molar-refractivity contribution in [2.45, 2.75) is 13.1 Å². The molecule has 0 amide bonds. The van der Waals surface area contributed by atoms with Gasteiger partial charge in [0.1, 0.15) is 11.5 Å². The van der Waals surface area contributed by atoms with Crippen LogP contribution >= 0.6 is 11.6 Å². The number of carboxylic acids is 2. The summed E-state index contributed by atoms with van der Waals surface area (Å²) in [5.41, 5.74) is 2.49. The van der Waals surface area contributed by atoms with E-state index in [0.717, 1.165) is 55.8 Å². The van der Waals surface area contributed by atoms with E-state index in [1.54, 1.807) is 14.2 Å². The number of carbonyl (C=O) groups is 2. The van der Waals surface area contributed by atoms with E-state index < -0.39 is 11.9 Å². The van der Waals surface area contributed by atoms with Crippen molar-refractivity contribution in [2.24, 2.45) is 0 Å². The van der Waals surface area contributed by atoms with E-state index in [9.17, 15) is 0 Å². The van der Waals surface area contributed by atoms with Gasteiger partial charge >= 0.3 is 11.9 Å². The molecule has 31 heavy (non-hydrogen) atoms. The van der Waals surface area contributed by atoms with Crippen molar-refractivity contribution >= 4 is 23.5 Å². The summed E-state index contributed by atoms with van der Waals surface area (Å²) < 4.78 is 10.8. The minimum Gasteiger partial charge on any atom is -0.497 e. The Morgan fingerprint density at radius 1 is 0.871 bits per heavy atom. The highest BCUT2D eigenvalue weighted by Crippen LogP contribution is 2.25. The lowest BCUT2D eigenvalue weighted by atomic mass is 10.1. The molecular weight excluding hydrogens is 424 g/mol. The van der Waals surface area contributed by atoms with Crippen molar-refractivity contribution < 1.29 is 29.3 Å². The van der Waals surface area contributed by atoms with Crippen molar-refractivity contribution in [3.63, 3.8) is 0 Å². The largest absolute Gasteiger partial charge is 0.497 e. The normalized spacial score (nSPS) is 14.3. The Morgan fingerprint density at radius 2 is 1.42 bits per heavy atom. The second-order valence-electron chi connectivity index (χ2n) is 6.97. The van der Waals surface area contributed by atoms with Gasteiger partial charge in [-0.3, -0.25) is 9.80 Å². The topological polar surface area (TPSA) is 99.5 Å². The summed E-state index contributed by atoms with van der Waals surface area (Å²) in [5, 5.41) is 15.6. The molecule has 0 aromatic heterocycles. The van der Waals surface area contributed by atoms with Gasteiger partial charge in [0.05, 0.1) is 14.2 Å². The number of hydrogen-bond donors (Lipinski definition) is 2. The summed E-state index contributed by atoms with van der Waals surface area (Å²) in [6.45, 7) is 6.09. The first-order chi connectivity index (χ1) is 14.8. The van der Waals surface area contributed by atoms with Gasteiger partial charge in [0.25, 0.3) is 0 Å². The third-order valence-corrected chi connectivity index (χ3v) is 5.10. The van der Waals surface area contributed by atoms with Crippen LogP contribution in [0, 0.1) is 0 Å². The van der Waals surface area contributed by atoms with Gasteiger partial charge in [-0.1, -0.05) is 23.7 Å². The molecule has 9 heteroatoms. The number of methoxy groups -OCH3 is 2. The minimum atomic E-state index is -1.82. The molecule has 168 valence electrons. The van der Waals surface area contributed by atoms with Gasteiger partial charge in [-0.15, -0.1) is 0 Å². The Kier molecular flexibility index (Phi) is 9.58. The van der Waals surface area contributed by atoms with E-state index in [2.05, 4.69) is 28.0 Å². The third-order valence-electron chi connectivity index (χ3n) is 4.85. The molecule has 1 heterocycles. The van der Waals surface area contributed by atoms with Crippen molar-refractivity contribution in [3.05, 3.63) is 58.6 Å². The predicted molar refractivity (Wildman–Crippen MR) is 117 cm³/mol. The quantitative estimate of drug-likeness (QED) is 0.648. The Hall–Kier alpha value is -2.81. The van der Waals surface area contributed by atoms with Crippen LogP contribution in [0.2, 0.25) is 5.02 Å². The number of aliphatic carboxylic acids is 2.